The number of carbonyl (C=O) groups is 1. The number of ether oxygens (including phenoxy) is 1. The van der Waals surface area contributed by atoms with E-state index in [4.69, 9.17) is 16.3 Å². The van der Waals surface area contributed by atoms with Crippen LogP contribution in [0.25, 0.3) is 10.9 Å². The Morgan fingerprint density at radius 2 is 2.08 bits per heavy atom. The highest BCUT2D eigenvalue weighted by atomic mass is 35.5. The Balaban J connectivity index is 1.29. The Kier molecular flexibility index (Phi) is 7.59. The molecule has 2 aromatic carbocycles. The van der Waals surface area contributed by atoms with Gasteiger partial charge in [-0.1, -0.05) is 49.7 Å². The quantitative estimate of drug-likeness (QED) is 0.390. The number of carbonyl (C=O) groups excluding carboxylic acids is 1. The summed E-state index contributed by atoms with van der Waals surface area (Å²) in [5.41, 5.74) is 4.89. The predicted molar refractivity (Wildman–Crippen MR) is 146 cm³/mol. The highest BCUT2D eigenvalue weighted by Crippen LogP contribution is 2.34. The molecular weight excluding hydrogens is 470 g/mol. The summed E-state index contributed by atoms with van der Waals surface area (Å²) in [5, 5.41) is 1.94. The van der Waals surface area contributed by atoms with Crippen molar-refractivity contribution in [2.75, 3.05) is 26.2 Å². The van der Waals surface area contributed by atoms with Gasteiger partial charge in [-0.05, 0) is 72.4 Å². The molecule has 5 rings (SSSR count). The van der Waals surface area contributed by atoms with Gasteiger partial charge in [0.05, 0.1) is 23.1 Å². The maximum absolute atomic E-state index is 13.8. The fourth-order valence-corrected chi connectivity index (χ4v) is 6.20. The number of aryl methyl sites for hydroxylation is 2. The third-order valence-electron chi connectivity index (χ3n) is 7.53. The summed E-state index contributed by atoms with van der Waals surface area (Å²) >= 11 is 6.62. The monoisotopic (exact) mass is 507 g/mol. The zero-order valence-electron chi connectivity index (χ0n) is 21.8. The van der Waals surface area contributed by atoms with E-state index in [0.717, 1.165) is 69.8 Å². The van der Waals surface area contributed by atoms with Crippen LogP contribution in [0.1, 0.15) is 49.8 Å². The van der Waals surface area contributed by atoms with Crippen molar-refractivity contribution in [1.82, 2.24) is 14.4 Å². The molecule has 0 radical (unpaired) electrons. The van der Waals surface area contributed by atoms with E-state index in [1.54, 1.807) is 0 Å². The Labute approximate surface area is 220 Å². The summed E-state index contributed by atoms with van der Waals surface area (Å²) in [6, 6.07) is 12.9. The Morgan fingerprint density at radius 1 is 1.22 bits per heavy atom. The van der Waals surface area contributed by atoms with E-state index in [0.29, 0.717) is 17.5 Å². The first-order valence-electron chi connectivity index (χ1n) is 13.4. The van der Waals surface area contributed by atoms with Crippen molar-refractivity contribution < 1.29 is 9.53 Å². The maximum atomic E-state index is 13.8. The minimum Gasteiger partial charge on any atom is -0.492 e. The van der Waals surface area contributed by atoms with E-state index in [9.17, 15) is 4.79 Å². The van der Waals surface area contributed by atoms with Gasteiger partial charge in [-0.2, -0.15) is 0 Å². The molecule has 3 aromatic rings. The summed E-state index contributed by atoms with van der Waals surface area (Å²) in [6.07, 6.45) is 6.17. The standard InChI is InChI=1S/C30H38ClN3O2/c1-21(2)17-34(18-22-15-24-7-4-5-14-36-29(24)27(31)16-22)30(35)26-11-13-33(20-26)19-25-9-6-8-23-10-12-32(3)28(23)25/h6,8-10,12,15-16,21,26H,4-5,7,11,13-14,17-20H2,1-3H3/t26-/m1/s1. The number of amides is 1. The largest absolute Gasteiger partial charge is 0.492 e. The number of halogens is 1. The normalized spacial score (nSPS) is 18.3. The van der Waals surface area contributed by atoms with Gasteiger partial charge in [-0.3, -0.25) is 9.69 Å². The van der Waals surface area contributed by atoms with E-state index in [-0.39, 0.29) is 11.8 Å². The van der Waals surface area contributed by atoms with Crippen molar-refractivity contribution in [3.05, 3.63) is 64.3 Å². The van der Waals surface area contributed by atoms with E-state index in [2.05, 4.69) is 71.8 Å². The molecule has 5 nitrogen and oxygen atoms in total. The van der Waals surface area contributed by atoms with E-state index < -0.39 is 0 Å². The van der Waals surface area contributed by atoms with Crippen molar-refractivity contribution in [3.63, 3.8) is 0 Å². The van der Waals surface area contributed by atoms with E-state index in [1.165, 1.54) is 22.0 Å². The van der Waals surface area contributed by atoms with Crippen molar-refractivity contribution in [2.45, 2.75) is 52.6 Å². The van der Waals surface area contributed by atoms with Crippen LogP contribution in [-0.4, -0.2) is 46.5 Å². The molecule has 0 saturated carbocycles. The fraction of sp³-hybridized carbons (Fsp3) is 0.500. The molecule has 36 heavy (non-hydrogen) atoms. The third kappa shape index (κ3) is 5.42. The van der Waals surface area contributed by atoms with Crippen LogP contribution in [0, 0.1) is 11.8 Å². The van der Waals surface area contributed by atoms with Crippen LogP contribution in [0.3, 0.4) is 0 Å². The molecule has 2 aliphatic rings. The number of nitrogens with zero attached hydrogens (tertiary/aromatic N) is 3. The van der Waals surface area contributed by atoms with E-state index >= 15 is 0 Å². The highest BCUT2D eigenvalue weighted by Gasteiger charge is 2.32. The lowest BCUT2D eigenvalue weighted by molar-refractivity contribution is -0.136. The van der Waals surface area contributed by atoms with Gasteiger partial charge in [0.2, 0.25) is 5.91 Å². The number of aromatic nitrogens is 1. The van der Waals surface area contributed by atoms with Crippen molar-refractivity contribution in [2.24, 2.45) is 18.9 Å². The minimum absolute atomic E-state index is 0.0380. The molecule has 0 N–H and O–H groups in total. The lowest BCUT2D eigenvalue weighted by Gasteiger charge is -2.28. The Bertz CT molecular complexity index is 1230. The molecule has 3 heterocycles. The SMILES string of the molecule is CC(C)CN(Cc1cc(Cl)c2c(c1)CCCCO2)C(=O)[C@@H]1CCN(Cc2cccc3ccn(C)c23)C1. The number of benzene rings is 2. The first kappa shape index (κ1) is 25.2. The molecule has 1 aromatic heterocycles. The zero-order chi connectivity index (χ0) is 25.2. The molecular formula is C30H38ClN3O2. The van der Waals surface area contributed by atoms with Gasteiger partial charge in [0.1, 0.15) is 5.75 Å². The number of para-hydroxylation sites is 1. The summed E-state index contributed by atoms with van der Waals surface area (Å²) in [6.45, 7) is 9.08. The second-order valence-corrected chi connectivity index (χ2v) is 11.4. The summed E-state index contributed by atoms with van der Waals surface area (Å²) < 4.78 is 8.10. The van der Waals surface area contributed by atoms with Crippen LogP contribution in [0.5, 0.6) is 5.75 Å². The molecule has 0 spiro atoms. The van der Waals surface area contributed by atoms with Crippen molar-refractivity contribution in [3.8, 4) is 5.75 Å². The van der Waals surface area contributed by atoms with Crippen molar-refractivity contribution in [1.29, 1.82) is 0 Å². The van der Waals surface area contributed by atoms with Gasteiger partial charge in [-0.15, -0.1) is 0 Å². The van der Waals surface area contributed by atoms with Crippen LogP contribution < -0.4 is 4.74 Å². The number of hydrogen-bond acceptors (Lipinski definition) is 3. The summed E-state index contributed by atoms with van der Waals surface area (Å²) in [5.74, 6) is 1.54. The smallest absolute Gasteiger partial charge is 0.227 e. The van der Waals surface area contributed by atoms with E-state index in [1.807, 2.05) is 6.07 Å². The van der Waals surface area contributed by atoms with Crippen LogP contribution in [0.2, 0.25) is 5.02 Å². The topological polar surface area (TPSA) is 37.7 Å². The van der Waals surface area contributed by atoms with Crippen LogP contribution in [0.15, 0.2) is 42.6 Å². The number of likely N-dealkylation sites (tertiary alicyclic amines) is 1. The average Bonchev–Trinajstić information content (AvgIpc) is 3.38. The van der Waals surface area contributed by atoms with Crippen LogP contribution >= 0.6 is 11.6 Å². The van der Waals surface area contributed by atoms with Crippen molar-refractivity contribution >= 4 is 28.4 Å². The molecule has 1 fully saturated rings. The Hall–Kier alpha value is -2.50. The van der Waals surface area contributed by atoms with Gasteiger partial charge in [0, 0.05) is 39.4 Å². The second-order valence-electron chi connectivity index (χ2n) is 11.0. The number of rotatable bonds is 7. The molecule has 192 valence electrons. The predicted octanol–water partition coefficient (Wildman–Crippen LogP) is 6.05. The molecule has 1 amide bonds. The van der Waals surface area contributed by atoms with Gasteiger partial charge in [0.25, 0.3) is 0 Å². The lowest BCUT2D eigenvalue weighted by Crippen LogP contribution is -2.39. The second kappa shape index (κ2) is 10.9. The van der Waals surface area contributed by atoms with Gasteiger partial charge < -0.3 is 14.2 Å². The molecule has 0 unspecified atom stereocenters. The number of hydrogen-bond donors (Lipinski definition) is 0. The van der Waals surface area contributed by atoms with Gasteiger partial charge in [0.15, 0.2) is 0 Å². The number of fused-ring (bicyclic) bond motifs is 2. The first-order chi connectivity index (χ1) is 17.4. The molecule has 0 bridgehead atoms. The summed E-state index contributed by atoms with van der Waals surface area (Å²) in [7, 11) is 2.10. The third-order valence-corrected chi connectivity index (χ3v) is 7.82. The molecule has 1 atom stereocenters. The first-order valence-corrected chi connectivity index (χ1v) is 13.7. The van der Waals surface area contributed by atoms with Crippen LogP contribution in [-0.2, 0) is 31.4 Å². The summed E-state index contributed by atoms with van der Waals surface area (Å²) in [4.78, 5) is 18.3. The van der Waals surface area contributed by atoms with Gasteiger partial charge >= 0.3 is 0 Å². The van der Waals surface area contributed by atoms with Crippen LogP contribution in [0.4, 0.5) is 0 Å². The zero-order valence-corrected chi connectivity index (χ0v) is 22.6. The molecule has 2 aliphatic heterocycles. The lowest BCUT2D eigenvalue weighted by atomic mass is 10.0. The molecule has 1 saturated heterocycles. The Morgan fingerprint density at radius 3 is 2.92 bits per heavy atom. The fourth-order valence-electron chi connectivity index (χ4n) is 5.88. The van der Waals surface area contributed by atoms with Gasteiger partial charge in [-0.25, -0.2) is 0 Å². The maximum Gasteiger partial charge on any atom is 0.227 e. The highest BCUT2D eigenvalue weighted by molar-refractivity contribution is 6.32. The minimum atomic E-state index is 0.0380. The molecule has 0 aliphatic carbocycles. The average molecular weight is 508 g/mol. The molecule has 6 heteroatoms.